The molecule has 2 aliphatic rings. The predicted octanol–water partition coefficient (Wildman–Crippen LogP) is 2.99. The number of benzene rings is 1. The van der Waals surface area contributed by atoms with Crippen LogP contribution in [-0.4, -0.2) is 39.1 Å². The lowest BCUT2D eigenvalue weighted by Gasteiger charge is -2.26. The molecular formula is C20H25N3O2. The van der Waals surface area contributed by atoms with Crippen LogP contribution in [0.4, 0.5) is 0 Å². The highest BCUT2D eigenvalue weighted by atomic mass is 16.5. The van der Waals surface area contributed by atoms with E-state index >= 15 is 0 Å². The highest BCUT2D eigenvalue weighted by Gasteiger charge is 2.38. The molecule has 1 atom stereocenters. The smallest absolute Gasteiger partial charge is 0.223 e. The molecule has 4 rings (SSSR count). The molecule has 2 aliphatic heterocycles. The number of hydrogen-bond donors (Lipinski definition) is 0. The van der Waals surface area contributed by atoms with Crippen LogP contribution in [0.3, 0.4) is 0 Å². The van der Waals surface area contributed by atoms with Gasteiger partial charge < -0.3 is 14.2 Å². The van der Waals surface area contributed by atoms with Crippen molar-refractivity contribution < 1.29 is 9.53 Å². The first-order chi connectivity index (χ1) is 12.2. The summed E-state index contributed by atoms with van der Waals surface area (Å²) in [4.78, 5) is 18.9. The average molecular weight is 339 g/mol. The van der Waals surface area contributed by atoms with Crippen molar-refractivity contribution in [1.82, 2.24) is 14.5 Å². The summed E-state index contributed by atoms with van der Waals surface area (Å²) in [6.07, 6.45) is 8.36. The van der Waals surface area contributed by atoms with Gasteiger partial charge in [0.1, 0.15) is 0 Å². The van der Waals surface area contributed by atoms with Gasteiger partial charge in [-0.3, -0.25) is 4.79 Å². The number of rotatable bonds is 4. The third kappa shape index (κ3) is 3.61. The van der Waals surface area contributed by atoms with Gasteiger partial charge in [0, 0.05) is 32.3 Å². The van der Waals surface area contributed by atoms with E-state index in [4.69, 9.17) is 4.74 Å². The minimum Gasteiger partial charge on any atom is -0.375 e. The van der Waals surface area contributed by atoms with E-state index < -0.39 is 0 Å². The van der Waals surface area contributed by atoms with Gasteiger partial charge in [-0.05, 0) is 31.2 Å². The van der Waals surface area contributed by atoms with Crippen molar-refractivity contribution in [3.8, 4) is 0 Å². The van der Waals surface area contributed by atoms with Gasteiger partial charge in [0.15, 0.2) is 0 Å². The molecule has 2 saturated heterocycles. The van der Waals surface area contributed by atoms with Gasteiger partial charge in [0.05, 0.1) is 24.2 Å². The largest absolute Gasteiger partial charge is 0.375 e. The second-order valence-corrected chi connectivity index (χ2v) is 7.20. The molecule has 132 valence electrons. The Morgan fingerprint density at radius 2 is 2.00 bits per heavy atom. The lowest BCUT2D eigenvalue weighted by molar-refractivity contribution is -0.131. The Hall–Kier alpha value is -2.14. The van der Waals surface area contributed by atoms with Crippen LogP contribution in [0.2, 0.25) is 0 Å². The Bertz CT molecular complexity index is 720. The molecule has 2 aromatic rings. The minimum absolute atomic E-state index is 0.0469. The van der Waals surface area contributed by atoms with Crippen LogP contribution in [0.25, 0.3) is 0 Å². The highest BCUT2D eigenvalue weighted by Crippen LogP contribution is 2.36. The summed E-state index contributed by atoms with van der Waals surface area (Å²) in [7, 11) is 0. The SMILES string of the molecule is O=C1CCC2(CCCO2)CCN1Cc1cncn1Cc1ccccc1. The number of carbonyl (C=O) groups is 1. The Labute approximate surface area is 148 Å². The van der Waals surface area contributed by atoms with Gasteiger partial charge in [-0.25, -0.2) is 4.98 Å². The zero-order valence-corrected chi connectivity index (χ0v) is 14.6. The van der Waals surface area contributed by atoms with Crippen molar-refractivity contribution in [1.29, 1.82) is 0 Å². The van der Waals surface area contributed by atoms with Crippen LogP contribution in [0, 0.1) is 0 Å². The molecule has 0 N–H and O–H groups in total. The van der Waals surface area contributed by atoms with E-state index in [-0.39, 0.29) is 11.5 Å². The van der Waals surface area contributed by atoms with Crippen molar-refractivity contribution in [2.24, 2.45) is 0 Å². The van der Waals surface area contributed by atoms with Gasteiger partial charge in [0.25, 0.3) is 0 Å². The molecule has 3 heterocycles. The van der Waals surface area contributed by atoms with Crippen molar-refractivity contribution in [2.75, 3.05) is 13.2 Å². The highest BCUT2D eigenvalue weighted by molar-refractivity contribution is 5.76. The van der Waals surface area contributed by atoms with Crippen LogP contribution in [-0.2, 0) is 22.6 Å². The first-order valence-corrected chi connectivity index (χ1v) is 9.19. The molecule has 5 nitrogen and oxygen atoms in total. The molecule has 0 saturated carbocycles. The topological polar surface area (TPSA) is 47.4 Å². The second-order valence-electron chi connectivity index (χ2n) is 7.20. The maximum absolute atomic E-state index is 12.6. The number of hydrogen-bond acceptors (Lipinski definition) is 3. The lowest BCUT2D eigenvalue weighted by atomic mass is 9.92. The molecular weight excluding hydrogens is 314 g/mol. The fraction of sp³-hybridized carbons (Fsp3) is 0.500. The Balaban J connectivity index is 1.45. The quantitative estimate of drug-likeness (QED) is 0.860. The summed E-state index contributed by atoms with van der Waals surface area (Å²) in [6.45, 7) is 3.03. The van der Waals surface area contributed by atoms with Crippen molar-refractivity contribution in [3.05, 3.63) is 54.1 Å². The van der Waals surface area contributed by atoms with Crippen molar-refractivity contribution in [3.63, 3.8) is 0 Å². The van der Waals surface area contributed by atoms with Gasteiger partial charge >= 0.3 is 0 Å². The standard InChI is InChI=1S/C20H25N3O2/c24-19-7-9-20(8-4-12-25-20)10-11-22(19)15-18-13-21-16-23(18)14-17-5-2-1-3-6-17/h1-3,5-6,13,16H,4,7-12,14-15H2. The third-order valence-electron chi connectivity index (χ3n) is 5.52. The fourth-order valence-electron chi connectivity index (χ4n) is 4.00. The van der Waals surface area contributed by atoms with Crippen LogP contribution >= 0.6 is 0 Å². The van der Waals surface area contributed by atoms with Gasteiger partial charge in [0.2, 0.25) is 5.91 Å². The molecule has 1 aromatic carbocycles. The molecule has 2 fully saturated rings. The van der Waals surface area contributed by atoms with E-state index in [1.165, 1.54) is 5.56 Å². The number of aromatic nitrogens is 2. The maximum atomic E-state index is 12.6. The summed E-state index contributed by atoms with van der Waals surface area (Å²) in [5, 5.41) is 0. The Morgan fingerprint density at radius 3 is 2.80 bits per heavy atom. The van der Waals surface area contributed by atoms with E-state index in [1.807, 2.05) is 35.6 Å². The van der Waals surface area contributed by atoms with Gasteiger partial charge in [-0.2, -0.15) is 0 Å². The van der Waals surface area contributed by atoms with Crippen LogP contribution in [0.1, 0.15) is 43.4 Å². The van der Waals surface area contributed by atoms with Gasteiger partial charge in [-0.15, -0.1) is 0 Å². The first-order valence-electron chi connectivity index (χ1n) is 9.19. The summed E-state index contributed by atoms with van der Waals surface area (Å²) in [5.41, 5.74) is 2.28. The monoisotopic (exact) mass is 339 g/mol. The minimum atomic E-state index is -0.0469. The van der Waals surface area contributed by atoms with Crippen molar-refractivity contribution >= 4 is 5.91 Å². The molecule has 1 aromatic heterocycles. The zero-order valence-electron chi connectivity index (χ0n) is 14.6. The van der Waals surface area contributed by atoms with E-state index in [2.05, 4.69) is 21.7 Å². The second kappa shape index (κ2) is 7.00. The van der Waals surface area contributed by atoms with E-state index in [0.717, 1.165) is 51.1 Å². The predicted molar refractivity (Wildman–Crippen MR) is 95.0 cm³/mol. The van der Waals surface area contributed by atoms with Gasteiger partial charge in [-0.1, -0.05) is 30.3 Å². The summed E-state index contributed by atoms with van der Waals surface area (Å²) >= 11 is 0. The molecule has 0 aliphatic carbocycles. The number of imidazole rings is 1. The summed E-state index contributed by atoms with van der Waals surface area (Å²) < 4.78 is 8.13. The number of likely N-dealkylation sites (tertiary alicyclic amines) is 1. The van der Waals surface area contributed by atoms with Crippen LogP contribution < -0.4 is 0 Å². The molecule has 1 amide bonds. The summed E-state index contributed by atoms with van der Waals surface area (Å²) in [5.74, 6) is 0.236. The first kappa shape index (κ1) is 16.3. The number of nitrogens with zero attached hydrogens (tertiary/aromatic N) is 3. The van der Waals surface area contributed by atoms with Crippen LogP contribution in [0.15, 0.2) is 42.9 Å². The molecule has 0 radical (unpaired) electrons. The average Bonchev–Trinajstić information content (AvgIpc) is 3.24. The molecule has 25 heavy (non-hydrogen) atoms. The molecule has 5 heteroatoms. The van der Waals surface area contributed by atoms with E-state index in [1.54, 1.807) is 0 Å². The number of carbonyl (C=O) groups excluding carboxylic acids is 1. The van der Waals surface area contributed by atoms with Crippen molar-refractivity contribution in [2.45, 2.75) is 50.8 Å². The normalized spacial score (nSPS) is 24.0. The Morgan fingerprint density at radius 1 is 1.12 bits per heavy atom. The third-order valence-corrected chi connectivity index (χ3v) is 5.52. The lowest BCUT2D eigenvalue weighted by Crippen LogP contribution is -2.32. The number of ether oxygens (including phenoxy) is 1. The van der Waals surface area contributed by atoms with E-state index in [9.17, 15) is 4.79 Å². The Kier molecular flexibility index (Phi) is 4.57. The molecule has 1 unspecified atom stereocenters. The zero-order chi connectivity index (χ0) is 17.1. The van der Waals surface area contributed by atoms with Crippen LogP contribution in [0.5, 0.6) is 0 Å². The van der Waals surface area contributed by atoms with E-state index in [0.29, 0.717) is 13.0 Å². The number of amides is 1. The molecule has 0 bridgehead atoms. The fourth-order valence-corrected chi connectivity index (χ4v) is 4.00. The maximum Gasteiger partial charge on any atom is 0.223 e. The summed E-state index contributed by atoms with van der Waals surface area (Å²) in [6, 6.07) is 10.3. The molecule has 1 spiro atoms.